The highest BCUT2D eigenvalue weighted by Gasteiger charge is 2.24. The third-order valence-electron chi connectivity index (χ3n) is 3.77. The van der Waals surface area contributed by atoms with Crippen molar-refractivity contribution in [3.8, 4) is 17.2 Å². The molecule has 4 rings (SSSR count). The summed E-state index contributed by atoms with van der Waals surface area (Å²) < 4.78 is 10.7. The van der Waals surface area contributed by atoms with E-state index in [1.165, 1.54) is 0 Å². The Bertz CT molecular complexity index is 945. The molecule has 1 aliphatic rings. The molecule has 3 heterocycles. The van der Waals surface area contributed by atoms with E-state index >= 15 is 0 Å². The average Bonchev–Trinajstić information content (AvgIpc) is 3.27. The van der Waals surface area contributed by atoms with Gasteiger partial charge in [0.05, 0.1) is 12.0 Å². The number of H-pyrrole nitrogens is 1. The summed E-state index contributed by atoms with van der Waals surface area (Å²) in [5, 5.41) is 12.2. The molecule has 3 aromatic rings. The maximum Gasteiger partial charge on any atom is 0.276 e. The summed E-state index contributed by atoms with van der Waals surface area (Å²) in [6, 6.07) is 10.1. The molecule has 1 aliphatic heterocycles. The number of nitrogens with zero attached hydrogens (tertiary/aromatic N) is 1. The minimum Gasteiger partial charge on any atom is -0.479 e. The lowest BCUT2D eigenvalue weighted by molar-refractivity contribution is -0.122. The highest BCUT2D eigenvalue weighted by Crippen LogP contribution is 2.32. The van der Waals surface area contributed by atoms with Gasteiger partial charge in [0.25, 0.3) is 11.8 Å². The van der Waals surface area contributed by atoms with Crippen LogP contribution in [0.2, 0.25) is 0 Å². The van der Waals surface area contributed by atoms with Gasteiger partial charge < -0.3 is 19.8 Å². The number of hydrogen-bond donors (Lipinski definition) is 3. The molecule has 126 valence electrons. The lowest BCUT2D eigenvalue weighted by atomic mass is 10.2. The number of hydrogen-bond acceptors (Lipinski definition) is 5. The van der Waals surface area contributed by atoms with Gasteiger partial charge in [0.1, 0.15) is 11.4 Å². The molecule has 1 atom stereocenters. The van der Waals surface area contributed by atoms with Crippen molar-refractivity contribution >= 4 is 23.2 Å². The first-order chi connectivity index (χ1) is 12.1. The van der Waals surface area contributed by atoms with Crippen molar-refractivity contribution in [1.82, 2.24) is 10.2 Å². The van der Waals surface area contributed by atoms with Gasteiger partial charge in [-0.2, -0.15) is 5.10 Å². The zero-order chi connectivity index (χ0) is 17.4. The summed E-state index contributed by atoms with van der Waals surface area (Å²) in [4.78, 5) is 24.0. The molecule has 8 nitrogen and oxygen atoms in total. The number of carbonyl (C=O) groups is 2. The molecule has 1 aromatic carbocycles. The molecule has 0 aliphatic carbocycles. The van der Waals surface area contributed by atoms with Gasteiger partial charge >= 0.3 is 0 Å². The van der Waals surface area contributed by atoms with Crippen LogP contribution in [0.4, 0.5) is 11.4 Å². The van der Waals surface area contributed by atoms with Crippen LogP contribution in [0.5, 0.6) is 5.75 Å². The normalized spacial score (nSPS) is 15.9. The first-order valence-electron chi connectivity index (χ1n) is 7.62. The van der Waals surface area contributed by atoms with Crippen LogP contribution in [0.1, 0.15) is 17.4 Å². The van der Waals surface area contributed by atoms with Crippen LogP contribution >= 0.6 is 0 Å². The second-order valence-corrected chi connectivity index (χ2v) is 5.56. The molecular formula is C17H14N4O4. The van der Waals surface area contributed by atoms with Gasteiger partial charge in [-0.15, -0.1) is 0 Å². The molecular weight excluding hydrogens is 324 g/mol. The van der Waals surface area contributed by atoms with E-state index in [9.17, 15) is 9.59 Å². The van der Waals surface area contributed by atoms with Gasteiger partial charge in [-0.1, -0.05) is 0 Å². The molecule has 0 fully saturated rings. The lowest BCUT2D eigenvalue weighted by Gasteiger charge is -2.23. The van der Waals surface area contributed by atoms with Crippen LogP contribution in [0.25, 0.3) is 11.5 Å². The fraction of sp³-hybridized carbons (Fsp3) is 0.118. The van der Waals surface area contributed by atoms with Crippen molar-refractivity contribution in [1.29, 1.82) is 0 Å². The van der Waals surface area contributed by atoms with E-state index in [4.69, 9.17) is 9.15 Å². The minimum absolute atomic E-state index is 0.220. The number of aromatic nitrogens is 2. The van der Waals surface area contributed by atoms with E-state index in [0.29, 0.717) is 28.6 Å². The summed E-state index contributed by atoms with van der Waals surface area (Å²) in [6.45, 7) is 1.67. The number of carbonyl (C=O) groups excluding carboxylic acids is 2. The van der Waals surface area contributed by atoms with Gasteiger partial charge in [-0.25, -0.2) is 0 Å². The molecule has 0 saturated heterocycles. The Kier molecular flexibility index (Phi) is 3.50. The Morgan fingerprint density at radius 3 is 2.96 bits per heavy atom. The SMILES string of the molecule is CC1Oc2ccc(NC(=O)c3cc(-c4ccco4)[nH]n3)cc2NC1=O. The zero-order valence-electron chi connectivity index (χ0n) is 13.2. The van der Waals surface area contributed by atoms with Crippen LogP contribution in [0.15, 0.2) is 47.1 Å². The Morgan fingerprint density at radius 1 is 1.28 bits per heavy atom. The molecule has 1 unspecified atom stereocenters. The minimum atomic E-state index is -0.544. The fourth-order valence-electron chi connectivity index (χ4n) is 2.48. The predicted molar refractivity (Wildman–Crippen MR) is 89.4 cm³/mol. The van der Waals surface area contributed by atoms with Crippen LogP contribution in [0.3, 0.4) is 0 Å². The monoisotopic (exact) mass is 338 g/mol. The summed E-state index contributed by atoms with van der Waals surface area (Å²) >= 11 is 0. The van der Waals surface area contributed by atoms with E-state index in [-0.39, 0.29) is 17.5 Å². The first-order valence-corrected chi connectivity index (χ1v) is 7.62. The summed E-state index contributed by atoms with van der Waals surface area (Å²) in [7, 11) is 0. The molecule has 2 amide bonds. The van der Waals surface area contributed by atoms with Gasteiger partial charge in [0.15, 0.2) is 17.6 Å². The largest absolute Gasteiger partial charge is 0.479 e. The third-order valence-corrected chi connectivity index (χ3v) is 3.77. The number of anilines is 2. The van der Waals surface area contributed by atoms with Crippen molar-refractivity contribution in [2.24, 2.45) is 0 Å². The molecule has 3 N–H and O–H groups in total. The van der Waals surface area contributed by atoms with E-state index in [1.807, 2.05) is 0 Å². The fourth-order valence-corrected chi connectivity index (χ4v) is 2.48. The van der Waals surface area contributed by atoms with Crippen molar-refractivity contribution in [2.45, 2.75) is 13.0 Å². The van der Waals surface area contributed by atoms with Crippen LogP contribution in [0, 0.1) is 0 Å². The zero-order valence-corrected chi connectivity index (χ0v) is 13.2. The number of rotatable bonds is 3. The van der Waals surface area contributed by atoms with Crippen molar-refractivity contribution in [3.05, 3.63) is 48.4 Å². The maximum absolute atomic E-state index is 12.3. The predicted octanol–water partition coefficient (Wildman–Crippen LogP) is 2.64. The van der Waals surface area contributed by atoms with Gasteiger partial charge in [0, 0.05) is 11.8 Å². The molecule has 2 aromatic heterocycles. The molecule has 0 bridgehead atoms. The molecule has 0 saturated carbocycles. The lowest BCUT2D eigenvalue weighted by Crippen LogP contribution is -2.34. The smallest absolute Gasteiger partial charge is 0.276 e. The average molecular weight is 338 g/mol. The maximum atomic E-state index is 12.3. The topological polar surface area (TPSA) is 109 Å². The van der Waals surface area contributed by atoms with E-state index in [2.05, 4.69) is 20.8 Å². The Balaban J connectivity index is 1.52. The highest BCUT2D eigenvalue weighted by molar-refractivity contribution is 6.04. The van der Waals surface area contributed by atoms with E-state index in [0.717, 1.165) is 0 Å². The second kappa shape index (κ2) is 5.82. The number of ether oxygens (including phenoxy) is 1. The Labute approximate surface area is 142 Å². The molecule has 0 radical (unpaired) electrons. The second-order valence-electron chi connectivity index (χ2n) is 5.56. The number of amides is 2. The first kappa shape index (κ1) is 15.0. The Morgan fingerprint density at radius 2 is 2.16 bits per heavy atom. The van der Waals surface area contributed by atoms with Gasteiger partial charge in [-0.05, 0) is 37.3 Å². The van der Waals surface area contributed by atoms with Crippen LogP contribution in [-0.2, 0) is 4.79 Å². The van der Waals surface area contributed by atoms with Gasteiger partial charge in [0.2, 0.25) is 0 Å². The van der Waals surface area contributed by atoms with E-state index in [1.54, 1.807) is 49.6 Å². The highest BCUT2D eigenvalue weighted by atomic mass is 16.5. The van der Waals surface area contributed by atoms with Crippen molar-refractivity contribution < 1.29 is 18.7 Å². The number of benzene rings is 1. The summed E-state index contributed by atoms with van der Waals surface area (Å²) in [6.07, 6.45) is 0.997. The number of aromatic amines is 1. The van der Waals surface area contributed by atoms with Gasteiger partial charge in [-0.3, -0.25) is 14.7 Å². The molecule has 0 spiro atoms. The number of fused-ring (bicyclic) bond motifs is 1. The molecule has 8 heteroatoms. The summed E-state index contributed by atoms with van der Waals surface area (Å²) in [5.74, 6) is 0.538. The molecule has 25 heavy (non-hydrogen) atoms. The third kappa shape index (κ3) is 2.85. The van der Waals surface area contributed by atoms with E-state index < -0.39 is 6.10 Å². The number of nitrogens with one attached hydrogen (secondary N) is 3. The quantitative estimate of drug-likeness (QED) is 0.680. The number of furan rings is 1. The van der Waals surface area contributed by atoms with Crippen LogP contribution in [-0.4, -0.2) is 28.1 Å². The van der Waals surface area contributed by atoms with Crippen molar-refractivity contribution in [3.63, 3.8) is 0 Å². The Hall–Kier alpha value is -3.55. The summed E-state index contributed by atoms with van der Waals surface area (Å²) in [5.41, 5.74) is 1.86. The standard InChI is InChI=1S/C17H14N4O4/c1-9-16(22)19-11-7-10(4-5-15(11)25-9)18-17(23)13-8-12(20-21-13)14-3-2-6-24-14/h2-9H,1H3,(H,18,23)(H,19,22)(H,20,21). The van der Waals surface area contributed by atoms with Crippen LogP contribution < -0.4 is 15.4 Å². The van der Waals surface area contributed by atoms with Crippen molar-refractivity contribution in [2.75, 3.05) is 10.6 Å².